The van der Waals surface area contributed by atoms with Crippen molar-refractivity contribution in [2.24, 2.45) is 5.10 Å². The third-order valence-corrected chi connectivity index (χ3v) is 3.45. The highest BCUT2D eigenvalue weighted by Gasteiger charge is 2.12. The van der Waals surface area contributed by atoms with Crippen LogP contribution in [0.5, 0.6) is 0 Å². The quantitative estimate of drug-likeness (QED) is 0.514. The Morgan fingerprint density at radius 2 is 1.78 bits per heavy atom. The van der Waals surface area contributed by atoms with Gasteiger partial charge >= 0.3 is 11.8 Å². The van der Waals surface area contributed by atoms with Gasteiger partial charge in [0.2, 0.25) is 0 Å². The molecule has 2 amide bonds. The van der Waals surface area contributed by atoms with Crippen molar-refractivity contribution in [2.75, 3.05) is 5.32 Å². The summed E-state index contributed by atoms with van der Waals surface area (Å²) in [6, 6.07) is 14.3. The van der Waals surface area contributed by atoms with Crippen molar-refractivity contribution in [1.29, 1.82) is 0 Å². The van der Waals surface area contributed by atoms with Gasteiger partial charge in [0, 0.05) is 16.3 Å². The molecule has 0 aliphatic rings. The molecule has 0 fully saturated rings. The fourth-order valence-electron chi connectivity index (χ4n) is 1.80. The molecule has 0 aliphatic carbocycles. The maximum Gasteiger partial charge on any atom is 0.329 e. The molecule has 0 radical (unpaired) electrons. The summed E-state index contributed by atoms with van der Waals surface area (Å²) < 4.78 is 0. The van der Waals surface area contributed by atoms with Crippen LogP contribution in [0.15, 0.2) is 53.6 Å². The highest BCUT2D eigenvalue weighted by molar-refractivity contribution is 6.39. The van der Waals surface area contributed by atoms with Gasteiger partial charge in [-0.05, 0) is 30.2 Å². The minimum absolute atomic E-state index is 0.506. The van der Waals surface area contributed by atoms with Crippen molar-refractivity contribution < 1.29 is 9.59 Å². The standard InChI is InChI=1S/C17H16ClN3O2/c1-2-12-7-9-14(10-8-12)20-16(22)17(23)21-19-11-13-5-3-4-6-15(13)18/h3-11H,2H2,1H3,(H,20,22)(H,21,23). The first-order chi connectivity index (χ1) is 11.1. The molecular weight excluding hydrogens is 314 g/mol. The number of halogens is 1. The molecule has 6 heteroatoms. The van der Waals surface area contributed by atoms with Crippen LogP contribution in [-0.2, 0) is 16.0 Å². The maximum atomic E-state index is 11.8. The second-order valence-corrected chi connectivity index (χ2v) is 5.13. The molecule has 0 heterocycles. The highest BCUT2D eigenvalue weighted by Crippen LogP contribution is 2.12. The van der Waals surface area contributed by atoms with Crippen molar-refractivity contribution in [3.63, 3.8) is 0 Å². The Hall–Kier alpha value is -2.66. The van der Waals surface area contributed by atoms with E-state index in [-0.39, 0.29) is 0 Å². The van der Waals surface area contributed by atoms with Gasteiger partial charge in [0.05, 0.1) is 6.21 Å². The molecule has 0 aromatic heterocycles. The zero-order valence-corrected chi connectivity index (χ0v) is 13.3. The molecule has 0 bridgehead atoms. The van der Waals surface area contributed by atoms with E-state index in [1.54, 1.807) is 36.4 Å². The zero-order chi connectivity index (χ0) is 16.7. The van der Waals surface area contributed by atoms with Crippen LogP contribution in [-0.4, -0.2) is 18.0 Å². The van der Waals surface area contributed by atoms with E-state index in [1.807, 2.05) is 19.1 Å². The third kappa shape index (κ3) is 4.93. The number of hydrazone groups is 1. The number of nitrogens with zero attached hydrogens (tertiary/aromatic N) is 1. The summed E-state index contributed by atoms with van der Waals surface area (Å²) >= 11 is 5.95. The van der Waals surface area contributed by atoms with Gasteiger partial charge in [0.1, 0.15) is 0 Å². The second kappa shape index (κ2) is 8.10. The van der Waals surface area contributed by atoms with Crippen molar-refractivity contribution in [1.82, 2.24) is 5.43 Å². The molecule has 0 atom stereocenters. The first kappa shape index (κ1) is 16.7. The predicted octanol–water partition coefficient (Wildman–Crippen LogP) is 2.99. The number of carbonyl (C=O) groups is 2. The van der Waals surface area contributed by atoms with Crippen molar-refractivity contribution >= 4 is 35.3 Å². The predicted molar refractivity (Wildman–Crippen MR) is 91.6 cm³/mol. The second-order valence-electron chi connectivity index (χ2n) is 4.73. The first-order valence-corrected chi connectivity index (χ1v) is 7.46. The number of rotatable bonds is 4. The van der Waals surface area contributed by atoms with Crippen LogP contribution in [0.1, 0.15) is 18.1 Å². The van der Waals surface area contributed by atoms with Gasteiger partial charge in [0.15, 0.2) is 0 Å². The number of amides is 2. The van der Waals surface area contributed by atoms with E-state index in [9.17, 15) is 9.59 Å². The minimum atomic E-state index is -0.854. The normalized spacial score (nSPS) is 10.5. The van der Waals surface area contributed by atoms with Crippen molar-refractivity contribution in [3.05, 3.63) is 64.7 Å². The van der Waals surface area contributed by atoms with Crippen molar-refractivity contribution in [3.8, 4) is 0 Å². The minimum Gasteiger partial charge on any atom is -0.318 e. The summed E-state index contributed by atoms with van der Waals surface area (Å²) in [5.74, 6) is -1.64. The zero-order valence-electron chi connectivity index (χ0n) is 12.5. The number of anilines is 1. The van der Waals surface area contributed by atoms with Gasteiger partial charge in [-0.1, -0.05) is 48.9 Å². The number of aryl methyl sites for hydroxylation is 1. The summed E-state index contributed by atoms with van der Waals surface area (Å²) in [7, 11) is 0. The molecule has 118 valence electrons. The summed E-state index contributed by atoms with van der Waals surface area (Å²) in [6.07, 6.45) is 2.29. The van der Waals surface area contributed by atoms with Gasteiger partial charge in [-0.25, -0.2) is 5.43 Å². The van der Waals surface area contributed by atoms with E-state index in [0.717, 1.165) is 12.0 Å². The van der Waals surface area contributed by atoms with E-state index < -0.39 is 11.8 Å². The Morgan fingerprint density at radius 1 is 1.09 bits per heavy atom. The third-order valence-electron chi connectivity index (χ3n) is 3.10. The molecule has 0 unspecified atom stereocenters. The lowest BCUT2D eigenvalue weighted by Crippen LogP contribution is -2.32. The number of benzene rings is 2. The summed E-state index contributed by atoms with van der Waals surface area (Å²) in [5, 5.41) is 6.73. The summed E-state index contributed by atoms with van der Waals surface area (Å²) in [5.41, 5.74) is 4.51. The molecule has 2 aromatic carbocycles. The monoisotopic (exact) mass is 329 g/mol. The van der Waals surface area contributed by atoms with E-state index in [2.05, 4.69) is 15.8 Å². The van der Waals surface area contributed by atoms with E-state index in [1.165, 1.54) is 6.21 Å². The average molecular weight is 330 g/mol. The topological polar surface area (TPSA) is 70.6 Å². The van der Waals surface area contributed by atoms with E-state index >= 15 is 0 Å². The van der Waals surface area contributed by atoms with Gasteiger partial charge in [-0.2, -0.15) is 5.10 Å². The van der Waals surface area contributed by atoms with Crippen LogP contribution >= 0.6 is 11.6 Å². The van der Waals surface area contributed by atoms with E-state index in [0.29, 0.717) is 16.3 Å². The van der Waals surface area contributed by atoms with Gasteiger partial charge < -0.3 is 5.32 Å². The van der Waals surface area contributed by atoms with Crippen LogP contribution < -0.4 is 10.7 Å². The number of hydrogen-bond acceptors (Lipinski definition) is 3. The van der Waals surface area contributed by atoms with Crippen molar-refractivity contribution in [2.45, 2.75) is 13.3 Å². The molecule has 2 aromatic rings. The van der Waals surface area contributed by atoms with Gasteiger partial charge in [-0.15, -0.1) is 0 Å². The fraction of sp³-hybridized carbons (Fsp3) is 0.118. The van der Waals surface area contributed by atoms with Crippen LogP contribution in [0.2, 0.25) is 5.02 Å². The molecule has 2 rings (SSSR count). The smallest absolute Gasteiger partial charge is 0.318 e. The molecule has 0 saturated carbocycles. The Kier molecular flexibility index (Phi) is 5.88. The average Bonchev–Trinajstić information content (AvgIpc) is 2.57. The summed E-state index contributed by atoms with van der Waals surface area (Å²) in [4.78, 5) is 23.4. The van der Waals surface area contributed by atoms with E-state index in [4.69, 9.17) is 11.6 Å². The Balaban J connectivity index is 1.89. The molecule has 2 N–H and O–H groups in total. The SMILES string of the molecule is CCc1ccc(NC(=O)C(=O)NN=Cc2ccccc2Cl)cc1. The highest BCUT2D eigenvalue weighted by atomic mass is 35.5. The Labute approximate surface area is 139 Å². The van der Waals surface area contributed by atoms with Gasteiger partial charge in [-0.3, -0.25) is 9.59 Å². The first-order valence-electron chi connectivity index (χ1n) is 7.08. The van der Waals surface area contributed by atoms with Gasteiger partial charge in [0.25, 0.3) is 0 Å². The van der Waals surface area contributed by atoms with Crippen LogP contribution in [0, 0.1) is 0 Å². The number of nitrogens with one attached hydrogen (secondary N) is 2. The summed E-state index contributed by atoms with van der Waals surface area (Å²) in [6.45, 7) is 2.04. The molecular formula is C17H16ClN3O2. The molecule has 23 heavy (non-hydrogen) atoms. The molecule has 0 saturated heterocycles. The van der Waals surface area contributed by atoms with Crippen LogP contribution in [0.4, 0.5) is 5.69 Å². The molecule has 0 spiro atoms. The maximum absolute atomic E-state index is 11.8. The molecule has 5 nitrogen and oxygen atoms in total. The fourth-order valence-corrected chi connectivity index (χ4v) is 1.99. The number of hydrogen-bond donors (Lipinski definition) is 2. The lowest BCUT2D eigenvalue weighted by Gasteiger charge is -2.04. The van der Waals surface area contributed by atoms with Crippen LogP contribution in [0.25, 0.3) is 0 Å². The Morgan fingerprint density at radius 3 is 2.43 bits per heavy atom. The number of carbonyl (C=O) groups excluding carboxylic acids is 2. The largest absolute Gasteiger partial charge is 0.329 e. The lowest BCUT2D eigenvalue weighted by atomic mass is 10.1. The Bertz CT molecular complexity index is 727. The van der Waals surface area contributed by atoms with Crippen LogP contribution in [0.3, 0.4) is 0 Å². The lowest BCUT2D eigenvalue weighted by molar-refractivity contribution is -0.136. The molecule has 0 aliphatic heterocycles.